The van der Waals surface area contributed by atoms with Gasteiger partial charge in [0, 0.05) is 5.69 Å². The maximum absolute atomic E-state index is 4.17. The van der Waals surface area contributed by atoms with Crippen LogP contribution in [0.5, 0.6) is 0 Å². The molecule has 0 saturated carbocycles. The van der Waals surface area contributed by atoms with Gasteiger partial charge in [0.25, 0.3) is 0 Å². The number of aromatic amines is 1. The lowest BCUT2D eigenvalue weighted by atomic mass is 10.2. The van der Waals surface area contributed by atoms with Crippen molar-refractivity contribution in [2.24, 2.45) is 0 Å². The molecule has 20 heavy (non-hydrogen) atoms. The topological polar surface area (TPSA) is 71.4 Å². The van der Waals surface area contributed by atoms with Crippen molar-refractivity contribution in [3.63, 3.8) is 0 Å². The van der Waals surface area contributed by atoms with Crippen LogP contribution in [0.25, 0.3) is 0 Å². The van der Waals surface area contributed by atoms with Crippen molar-refractivity contribution in [3.8, 4) is 0 Å². The van der Waals surface area contributed by atoms with Gasteiger partial charge in [-0.05, 0) is 24.6 Å². The number of aryl methyl sites for hydroxylation is 1. The Morgan fingerprint density at radius 2 is 2.10 bits per heavy atom. The van der Waals surface area contributed by atoms with E-state index in [9.17, 15) is 0 Å². The lowest BCUT2D eigenvalue weighted by molar-refractivity contribution is 0.685. The van der Waals surface area contributed by atoms with Crippen LogP contribution < -0.4 is 5.32 Å². The highest BCUT2D eigenvalue weighted by atomic mass is 15.3. The van der Waals surface area contributed by atoms with Crippen LogP contribution in [-0.2, 0) is 13.1 Å². The fraction of sp³-hybridized carbons (Fsp3) is 0.214. The van der Waals surface area contributed by atoms with Gasteiger partial charge in [-0.3, -0.25) is 0 Å². The van der Waals surface area contributed by atoms with E-state index in [1.165, 1.54) is 5.56 Å². The first-order valence-corrected chi connectivity index (χ1v) is 6.45. The normalized spacial score (nSPS) is 10.7. The van der Waals surface area contributed by atoms with Gasteiger partial charge in [-0.2, -0.15) is 5.10 Å². The van der Waals surface area contributed by atoms with E-state index >= 15 is 0 Å². The van der Waals surface area contributed by atoms with E-state index in [-0.39, 0.29) is 0 Å². The second-order valence-electron chi connectivity index (χ2n) is 4.64. The van der Waals surface area contributed by atoms with Crippen LogP contribution in [0, 0.1) is 6.92 Å². The number of H-pyrrole nitrogens is 1. The molecule has 3 aromatic rings. The summed E-state index contributed by atoms with van der Waals surface area (Å²) in [4.78, 5) is 11.3. The van der Waals surface area contributed by atoms with Gasteiger partial charge in [0.15, 0.2) is 0 Å². The molecule has 0 radical (unpaired) electrons. The Morgan fingerprint density at radius 1 is 1.25 bits per heavy atom. The van der Waals surface area contributed by atoms with E-state index in [0.29, 0.717) is 0 Å². The molecule has 0 aliphatic rings. The molecular weight excluding hydrogens is 252 g/mol. The molecule has 0 atom stereocenters. The Hall–Kier alpha value is -2.63. The van der Waals surface area contributed by atoms with Crippen LogP contribution in [0.4, 0.5) is 5.69 Å². The molecular formula is C14H16N6. The fourth-order valence-electron chi connectivity index (χ4n) is 1.99. The maximum atomic E-state index is 4.17. The zero-order chi connectivity index (χ0) is 13.8. The van der Waals surface area contributed by atoms with Crippen molar-refractivity contribution in [2.45, 2.75) is 20.0 Å². The number of anilines is 1. The molecule has 1 aromatic carbocycles. The lowest BCUT2D eigenvalue weighted by Gasteiger charge is -2.06. The van der Waals surface area contributed by atoms with E-state index in [1.807, 2.05) is 13.1 Å². The molecule has 0 amide bonds. The predicted octanol–water partition coefficient (Wildman–Crippen LogP) is 1.97. The summed E-state index contributed by atoms with van der Waals surface area (Å²) in [5.74, 6) is 0.935. The number of rotatable bonds is 5. The number of aromatic nitrogens is 5. The Kier molecular flexibility index (Phi) is 3.45. The third kappa shape index (κ3) is 3.03. The number of nitrogens with one attached hydrogen (secondary N) is 2. The van der Waals surface area contributed by atoms with E-state index in [4.69, 9.17) is 0 Å². The van der Waals surface area contributed by atoms with Crippen LogP contribution in [0.2, 0.25) is 0 Å². The first kappa shape index (κ1) is 12.4. The Labute approximate surface area is 116 Å². The van der Waals surface area contributed by atoms with Crippen molar-refractivity contribution < 1.29 is 0 Å². The molecule has 2 aromatic heterocycles. The predicted molar refractivity (Wildman–Crippen MR) is 76.2 cm³/mol. The minimum Gasteiger partial charge on any atom is -0.379 e. The summed E-state index contributed by atoms with van der Waals surface area (Å²) < 4.78 is 1.80. The zero-order valence-electron chi connectivity index (χ0n) is 11.2. The first-order chi connectivity index (χ1) is 9.79. The highest BCUT2D eigenvalue weighted by Gasteiger charge is 1.99. The lowest BCUT2D eigenvalue weighted by Crippen LogP contribution is -2.02. The molecule has 0 spiro atoms. The largest absolute Gasteiger partial charge is 0.379 e. The highest BCUT2D eigenvalue weighted by molar-refractivity contribution is 5.44. The first-order valence-electron chi connectivity index (χ1n) is 6.45. The smallest absolute Gasteiger partial charge is 0.137 e. The molecule has 0 bridgehead atoms. The summed E-state index contributed by atoms with van der Waals surface area (Å²) in [5, 5.41) is 7.45. The molecule has 6 nitrogen and oxygen atoms in total. The third-order valence-corrected chi connectivity index (χ3v) is 3.00. The molecule has 2 heterocycles. The van der Waals surface area contributed by atoms with Crippen molar-refractivity contribution >= 4 is 5.69 Å². The third-order valence-electron chi connectivity index (χ3n) is 3.00. The summed E-state index contributed by atoms with van der Waals surface area (Å²) in [6, 6.07) is 8.30. The van der Waals surface area contributed by atoms with Gasteiger partial charge in [0.05, 0.1) is 25.0 Å². The molecule has 2 N–H and O–H groups in total. The molecule has 0 aliphatic carbocycles. The molecule has 0 fully saturated rings. The van der Waals surface area contributed by atoms with Crippen LogP contribution in [0.3, 0.4) is 0 Å². The van der Waals surface area contributed by atoms with E-state index < -0.39 is 0 Å². The van der Waals surface area contributed by atoms with Gasteiger partial charge in [0.2, 0.25) is 0 Å². The summed E-state index contributed by atoms with van der Waals surface area (Å²) in [5.41, 5.74) is 3.35. The molecule has 3 rings (SSSR count). The number of benzene rings is 1. The molecule has 6 heteroatoms. The summed E-state index contributed by atoms with van der Waals surface area (Å²) >= 11 is 0. The van der Waals surface area contributed by atoms with Gasteiger partial charge < -0.3 is 10.3 Å². The quantitative estimate of drug-likeness (QED) is 0.742. The molecule has 0 saturated heterocycles. The average Bonchev–Trinajstić information content (AvgIpc) is 3.10. The standard InChI is InChI=1S/C14H16N6/c1-11-16-6-14(19-11)7-17-13-4-2-12(3-5-13)8-20-10-15-9-18-20/h2-6,9-10,17H,7-8H2,1H3,(H,16,19). The van der Waals surface area contributed by atoms with Crippen molar-refractivity contribution in [3.05, 3.63) is 60.2 Å². The van der Waals surface area contributed by atoms with Gasteiger partial charge in [-0.15, -0.1) is 0 Å². The maximum Gasteiger partial charge on any atom is 0.137 e. The number of nitrogens with zero attached hydrogens (tertiary/aromatic N) is 4. The van der Waals surface area contributed by atoms with Crippen LogP contribution in [0.1, 0.15) is 17.1 Å². The Balaban J connectivity index is 1.58. The molecule has 0 unspecified atom stereocenters. The minimum atomic E-state index is 0.736. The van der Waals surface area contributed by atoms with Crippen LogP contribution in [0.15, 0.2) is 43.1 Å². The monoisotopic (exact) mass is 268 g/mol. The van der Waals surface area contributed by atoms with Crippen molar-refractivity contribution in [1.29, 1.82) is 0 Å². The van der Waals surface area contributed by atoms with Crippen molar-refractivity contribution in [1.82, 2.24) is 24.7 Å². The number of hydrogen-bond donors (Lipinski definition) is 2. The molecule has 102 valence electrons. The van der Waals surface area contributed by atoms with E-state index in [1.54, 1.807) is 17.3 Å². The summed E-state index contributed by atoms with van der Waals surface area (Å²) in [6.45, 7) is 3.42. The zero-order valence-corrected chi connectivity index (χ0v) is 11.2. The molecule has 0 aliphatic heterocycles. The fourth-order valence-corrected chi connectivity index (χ4v) is 1.99. The minimum absolute atomic E-state index is 0.736. The summed E-state index contributed by atoms with van der Waals surface area (Å²) in [6.07, 6.45) is 5.11. The average molecular weight is 268 g/mol. The van der Waals surface area contributed by atoms with Crippen molar-refractivity contribution in [2.75, 3.05) is 5.32 Å². The Morgan fingerprint density at radius 3 is 2.75 bits per heavy atom. The van der Waals surface area contributed by atoms with Gasteiger partial charge in [-0.1, -0.05) is 12.1 Å². The van der Waals surface area contributed by atoms with Crippen LogP contribution in [-0.4, -0.2) is 24.7 Å². The van der Waals surface area contributed by atoms with Gasteiger partial charge >= 0.3 is 0 Å². The second kappa shape index (κ2) is 5.56. The Bertz CT molecular complexity index is 653. The van der Waals surface area contributed by atoms with Crippen LogP contribution >= 0.6 is 0 Å². The van der Waals surface area contributed by atoms with E-state index in [2.05, 4.69) is 49.6 Å². The number of hydrogen-bond acceptors (Lipinski definition) is 4. The van der Waals surface area contributed by atoms with Gasteiger partial charge in [-0.25, -0.2) is 14.6 Å². The van der Waals surface area contributed by atoms with E-state index in [0.717, 1.165) is 30.3 Å². The van der Waals surface area contributed by atoms with Gasteiger partial charge in [0.1, 0.15) is 18.5 Å². The highest BCUT2D eigenvalue weighted by Crippen LogP contribution is 2.11. The number of imidazole rings is 1. The second-order valence-corrected chi connectivity index (χ2v) is 4.64. The summed E-state index contributed by atoms with van der Waals surface area (Å²) in [7, 11) is 0. The SMILES string of the molecule is Cc1ncc(CNc2ccc(Cn3cncn3)cc2)[nH]1.